The molecular formula is C6H6F3N3OS2. The van der Waals surface area contributed by atoms with Crippen LogP contribution in [0, 0.1) is 0 Å². The summed E-state index contributed by atoms with van der Waals surface area (Å²) in [5.74, 6) is -0.742. The third-order valence-electron chi connectivity index (χ3n) is 1.27. The number of carbonyl (C=O) groups is 1. The van der Waals surface area contributed by atoms with Crippen molar-refractivity contribution in [2.24, 2.45) is 0 Å². The number of hydrogen-bond donors (Lipinski definition) is 1. The van der Waals surface area contributed by atoms with Gasteiger partial charge in [0, 0.05) is 0 Å². The summed E-state index contributed by atoms with van der Waals surface area (Å²) >= 11 is 0.673. The lowest BCUT2D eigenvalue weighted by Crippen LogP contribution is -2.25. The number of hydrogen-bond acceptors (Lipinski definition) is 5. The van der Waals surface area contributed by atoms with Crippen LogP contribution in [0.1, 0.15) is 6.92 Å². The zero-order valence-electron chi connectivity index (χ0n) is 7.41. The van der Waals surface area contributed by atoms with Gasteiger partial charge in [-0.05, 0) is 18.7 Å². The number of nitrogens with one attached hydrogen (secondary N) is 1. The van der Waals surface area contributed by atoms with Crippen LogP contribution in [0.4, 0.5) is 18.3 Å². The number of carbonyl (C=O) groups excluding carboxylic acids is 1. The van der Waals surface area contributed by atoms with Crippen molar-refractivity contribution >= 4 is 34.1 Å². The molecule has 0 aliphatic rings. The van der Waals surface area contributed by atoms with Crippen molar-refractivity contribution in [3.8, 4) is 0 Å². The zero-order valence-corrected chi connectivity index (χ0v) is 9.04. The molecule has 0 saturated carbocycles. The van der Waals surface area contributed by atoms with Crippen LogP contribution in [0.5, 0.6) is 0 Å². The summed E-state index contributed by atoms with van der Waals surface area (Å²) in [5.41, 5.74) is -3.05. The molecule has 0 aromatic carbocycles. The lowest BCUT2D eigenvalue weighted by molar-refractivity contribution is -0.115. The first-order chi connectivity index (χ1) is 6.88. The molecular weight excluding hydrogens is 251 g/mol. The van der Waals surface area contributed by atoms with E-state index in [0.29, 0.717) is 0 Å². The maximum Gasteiger partial charge on any atom is 0.442 e. The largest absolute Gasteiger partial charge is 0.442 e. The molecule has 1 atom stereocenters. The van der Waals surface area contributed by atoms with Crippen molar-refractivity contribution in [2.45, 2.75) is 17.7 Å². The highest BCUT2D eigenvalue weighted by Gasteiger charge is 2.34. The molecule has 0 spiro atoms. The molecule has 0 radical (unpaired) electrons. The van der Waals surface area contributed by atoms with E-state index in [2.05, 4.69) is 15.5 Å². The predicted molar refractivity (Wildman–Crippen MR) is 51.6 cm³/mol. The fourth-order valence-electron chi connectivity index (χ4n) is 0.689. The van der Waals surface area contributed by atoms with E-state index in [0.717, 1.165) is 11.3 Å². The second kappa shape index (κ2) is 4.79. The lowest BCUT2D eigenvalue weighted by atomic mass is 10.4. The molecule has 1 aromatic rings. The van der Waals surface area contributed by atoms with Crippen molar-refractivity contribution in [2.75, 3.05) is 5.32 Å². The summed E-state index contributed by atoms with van der Waals surface area (Å²) in [6.45, 7) is 1.18. The predicted octanol–water partition coefficient (Wildman–Crippen LogP) is 2.12. The number of anilines is 1. The normalized spacial score (nSPS) is 13.6. The molecule has 1 amide bonds. The Kier molecular flexibility index (Phi) is 3.91. The van der Waals surface area contributed by atoms with Gasteiger partial charge in [0.1, 0.15) is 5.51 Å². The first-order valence-electron chi connectivity index (χ1n) is 3.70. The molecule has 0 aliphatic carbocycles. The van der Waals surface area contributed by atoms with Crippen molar-refractivity contribution in [3.05, 3.63) is 5.51 Å². The fourth-order valence-corrected chi connectivity index (χ4v) is 1.70. The lowest BCUT2D eigenvalue weighted by Gasteiger charge is -2.11. The van der Waals surface area contributed by atoms with E-state index >= 15 is 0 Å². The van der Waals surface area contributed by atoms with Crippen LogP contribution < -0.4 is 5.32 Å². The van der Waals surface area contributed by atoms with Crippen LogP contribution in [0.2, 0.25) is 0 Å². The highest BCUT2D eigenvalue weighted by Crippen LogP contribution is 2.34. The smallest absolute Gasteiger partial charge is 0.300 e. The van der Waals surface area contributed by atoms with Gasteiger partial charge in [-0.15, -0.1) is 10.2 Å². The second-order valence-corrected chi connectivity index (χ2v) is 4.68. The first-order valence-corrected chi connectivity index (χ1v) is 5.46. The van der Waals surface area contributed by atoms with Gasteiger partial charge in [0.15, 0.2) is 0 Å². The quantitative estimate of drug-likeness (QED) is 0.901. The number of aromatic nitrogens is 2. The SMILES string of the molecule is C[C@@H](SC(F)(F)F)C(=O)Nc1nncs1. The van der Waals surface area contributed by atoms with Crippen molar-refractivity contribution in [3.63, 3.8) is 0 Å². The molecule has 15 heavy (non-hydrogen) atoms. The number of thioether (sulfide) groups is 1. The molecule has 84 valence electrons. The minimum absolute atomic E-state index is 0.189. The van der Waals surface area contributed by atoms with E-state index in [-0.39, 0.29) is 16.9 Å². The number of nitrogens with zero attached hydrogens (tertiary/aromatic N) is 2. The summed E-state index contributed by atoms with van der Waals surface area (Å²) in [5, 5.41) is 8.12. The van der Waals surface area contributed by atoms with Gasteiger partial charge in [0.2, 0.25) is 11.0 Å². The Morgan fingerprint density at radius 1 is 1.67 bits per heavy atom. The number of halogens is 3. The van der Waals surface area contributed by atoms with Crippen LogP contribution in [-0.4, -0.2) is 26.9 Å². The molecule has 0 bridgehead atoms. The van der Waals surface area contributed by atoms with Crippen LogP contribution in [-0.2, 0) is 4.79 Å². The number of alkyl halides is 3. The van der Waals surface area contributed by atoms with Crippen LogP contribution >= 0.6 is 23.1 Å². The van der Waals surface area contributed by atoms with E-state index in [9.17, 15) is 18.0 Å². The molecule has 1 rings (SSSR count). The molecule has 0 aliphatic heterocycles. The van der Waals surface area contributed by atoms with Gasteiger partial charge in [-0.1, -0.05) is 11.3 Å². The Balaban J connectivity index is 2.47. The van der Waals surface area contributed by atoms with Crippen LogP contribution in [0.15, 0.2) is 5.51 Å². The van der Waals surface area contributed by atoms with Gasteiger partial charge < -0.3 is 0 Å². The van der Waals surface area contributed by atoms with E-state index < -0.39 is 16.7 Å². The molecule has 0 fully saturated rings. The monoisotopic (exact) mass is 257 g/mol. The summed E-state index contributed by atoms with van der Waals surface area (Å²) in [4.78, 5) is 11.2. The summed E-state index contributed by atoms with van der Waals surface area (Å²) in [6, 6.07) is 0. The average Bonchev–Trinajstić information content (AvgIpc) is 2.53. The minimum Gasteiger partial charge on any atom is -0.300 e. The summed E-state index contributed by atoms with van der Waals surface area (Å²) < 4.78 is 35.7. The Hall–Kier alpha value is -0.830. The zero-order chi connectivity index (χ0) is 11.5. The van der Waals surface area contributed by atoms with Crippen LogP contribution in [0.25, 0.3) is 0 Å². The molecule has 9 heteroatoms. The second-order valence-electron chi connectivity index (χ2n) is 2.44. The average molecular weight is 257 g/mol. The van der Waals surface area contributed by atoms with Gasteiger partial charge in [0.25, 0.3) is 0 Å². The van der Waals surface area contributed by atoms with Gasteiger partial charge >= 0.3 is 5.51 Å². The molecule has 0 unspecified atom stereocenters. The van der Waals surface area contributed by atoms with Crippen molar-refractivity contribution in [1.29, 1.82) is 0 Å². The Labute approximate surface area is 91.3 Å². The van der Waals surface area contributed by atoms with Gasteiger partial charge in [0.05, 0.1) is 5.25 Å². The number of rotatable bonds is 3. The maximum absolute atomic E-state index is 11.9. The number of amides is 1. The Bertz CT molecular complexity index is 327. The standard InChI is InChI=1S/C6H6F3N3OS2/c1-3(15-6(7,8)9)4(13)11-5-12-10-2-14-5/h2-3H,1H3,(H,11,12,13)/t3-/m1/s1. The third-order valence-corrected chi connectivity index (χ3v) is 2.71. The van der Waals surface area contributed by atoms with Gasteiger partial charge in [-0.3, -0.25) is 10.1 Å². The Morgan fingerprint density at radius 3 is 2.80 bits per heavy atom. The maximum atomic E-state index is 11.9. The molecule has 1 heterocycles. The van der Waals surface area contributed by atoms with Gasteiger partial charge in [-0.25, -0.2) is 0 Å². The fraction of sp³-hybridized carbons (Fsp3) is 0.500. The third kappa shape index (κ3) is 4.47. The Morgan fingerprint density at radius 2 is 2.33 bits per heavy atom. The molecule has 1 N–H and O–H groups in total. The van der Waals surface area contributed by atoms with E-state index in [1.807, 2.05) is 0 Å². The first kappa shape index (κ1) is 12.2. The van der Waals surface area contributed by atoms with E-state index in [4.69, 9.17) is 0 Å². The molecule has 0 saturated heterocycles. The molecule has 4 nitrogen and oxygen atoms in total. The van der Waals surface area contributed by atoms with E-state index in [1.165, 1.54) is 12.4 Å². The van der Waals surface area contributed by atoms with Crippen LogP contribution in [0.3, 0.4) is 0 Å². The van der Waals surface area contributed by atoms with Crippen molar-refractivity contribution < 1.29 is 18.0 Å². The van der Waals surface area contributed by atoms with Gasteiger partial charge in [-0.2, -0.15) is 13.2 Å². The topological polar surface area (TPSA) is 54.9 Å². The minimum atomic E-state index is -4.42. The molecule has 1 aromatic heterocycles. The summed E-state index contributed by atoms with van der Waals surface area (Å²) in [6.07, 6.45) is 0. The summed E-state index contributed by atoms with van der Waals surface area (Å²) in [7, 11) is 0. The highest BCUT2D eigenvalue weighted by molar-refractivity contribution is 8.01. The van der Waals surface area contributed by atoms with E-state index in [1.54, 1.807) is 0 Å². The van der Waals surface area contributed by atoms with Crippen molar-refractivity contribution in [1.82, 2.24) is 10.2 Å². The highest BCUT2D eigenvalue weighted by atomic mass is 32.2.